The molecule has 218 valence electrons. The van der Waals surface area contributed by atoms with E-state index in [2.05, 4.69) is 21.1 Å². The van der Waals surface area contributed by atoms with Crippen LogP contribution in [-0.4, -0.2) is 77.4 Å². The Bertz CT molecular complexity index is 952. The van der Waals surface area contributed by atoms with Gasteiger partial charge in [0.05, 0.1) is 23.5 Å². The van der Waals surface area contributed by atoms with Crippen molar-refractivity contribution < 1.29 is 37.8 Å². The number of carbonyl (C=O) groups is 3. The second kappa shape index (κ2) is 16.9. The van der Waals surface area contributed by atoms with Gasteiger partial charge in [-0.15, -0.1) is 0 Å². The van der Waals surface area contributed by atoms with Crippen LogP contribution in [-0.2, 0) is 20.8 Å². The van der Waals surface area contributed by atoms with E-state index in [1.54, 1.807) is 0 Å². The number of rotatable bonds is 18. The molecular weight excluding hydrogens is 527 g/mol. The van der Waals surface area contributed by atoms with Crippen LogP contribution < -0.4 is 10.6 Å². The quantitative estimate of drug-likeness (QED) is 0.0813. The predicted molar refractivity (Wildman–Crippen MR) is 131 cm³/mol. The van der Waals surface area contributed by atoms with Gasteiger partial charge < -0.3 is 20.7 Å². The summed E-state index contributed by atoms with van der Waals surface area (Å²) in [6, 6.07) is 6.57. The Morgan fingerprint density at radius 2 is 1.82 bits per heavy atom. The van der Waals surface area contributed by atoms with Crippen LogP contribution in [0.15, 0.2) is 40.8 Å². The molecule has 1 aromatic rings. The summed E-state index contributed by atoms with van der Waals surface area (Å²) in [5, 5.41) is 31.7. The average Bonchev–Trinajstić information content (AvgIpc) is 2.89. The van der Waals surface area contributed by atoms with Gasteiger partial charge in [-0.05, 0) is 44.1 Å². The largest absolute Gasteiger partial charge is 0.389 e. The summed E-state index contributed by atoms with van der Waals surface area (Å²) in [6.45, 7) is 0.144. The zero-order chi connectivity index (χ0) is 29.4. The number of nitrogens with zero attached hydrogens (tertiary/aromatic N) is 5. The average molecular weight is 562 g/mol. The van der Waals surface area contributed by atoms with E-state index >= 15 is 0 Å². The summed E-state index contributed by atoms with van der Waals surface area (Å²) in [4.78, 5) is 47.4. The standard InChI is InChI=1S/C23H34F3N7O6/c1-27-22(36)19(12-7-15-31(2)29-30-33(38)39)28-21(35)18(11-6-10-17-8-4-3-5-9-17)20(32(37)16-34)13-14-23(24,25)26/h3-5,8-9,16,18-20,37H,6-7,10-15H2,1-2H3,(H,27,36)(H,28,35)/t18-,19+,20+/m1/s1. The molecule has 3 amide bonds. The number of alkyl halides is 3. The molecule has 39 heavy (non-hydrogen) atoms. The third kappa shape index (κ3) is 13.5. The molecule has 1 rings (SSSR count). The molecule has 13 nitrogen and oxygen atoms in total. The van der Waals surface area contributed by atoms with E-state index in [0.29, 0.717) is 12.8 Å². The van der Waals surface area contributed by atoms with Gasteiger partial charge in [-0.1, -0.05) is 30.3 Å². The molecule has 0 heterocycles. The van der Waals surface area contributed by atoms with Gasteiger partial charge in [0, 0.05) is 20.5 Å². The third-order valence-corrected chi connectivity index (χ3v) is 5.92. The Hall–Kier alpha value is -3.82. The monoisotopic (exact) mass is 561 g/mol. The number of nitrogens with one attached hydrogen (secondary N) is 2. The van der Waals surface area contributed by atoms with Crippen molar-refractivity contribution in [2.75, 3.05) is 20.6 Å². The Balaban J connectivity index is 3.06. The van der Waals surface area contributed by atoms with E-state index in [-0.39, 0.29) is 37.3 Å². The van der Waals surface area contributed by atoms with Gasteiger partial charge in [0.15, 0.2) is 5.22 Å². The van der Waals surface area contributed by atoms with E-state index in [1.807, 2.05) is 30.3 Å². The third-order valence-electron chi connectivity index (χ3n) is 5.92. The smallest absolute Gasteiger partial charge is 0.357 e. The number of hydrogen-bond acceptors (Lipinski definition) is 7. The normalized spacial score (nSPS) is 13.8. The number of benzene rings is 1. The lowest BCUT2D eigenvalue weighted by Crippen LogP contribution is -2.52. The molecule has 0 aliphatic rings. The summed E-state index contributed by atoms with van der Waals surface area (Å²) in [7, 11) is 2.76. The first kappa shape index (κ1) is 33.2. The number of hydrogen-bond donors (Lipinski definition) is 3. The first-order chi connectivity index (χ1) is 18.4. The highest BCUT2D eigenvalue weighted by Gasteiger charge is 2.37. The van der Waals surface area contributed by atoms with Crippen molar-refractivity contribution in [3.8, 4) is 0 Å². The number of amides is 3. The van der Waals surface area contributed by atoms with Crippen molar-refractivity contribution in [3.05, 3.63) is 46.0 Å². The number of hydroxylamine groups is 2. The van der Waals surface area contributed by atoms with Crippen molar-refractivity contribution in [1.82, 2.24) is 20.7 Å². The maximum absolute atomic E-state index is 13.3. The van der Waals surface area contributed by atoms with Crippen LogP contribution in [0.2, 0.25) is 0 Å². The van der Waals surface area contributed by atoms with E-state index in [0.717, 1.165) is 5.56 Å². The zero-order valence-corrected chi connectivity index (χ0v) is 21.7. The van der Waals surface area contributed by atoms with Gasteiger partial charge in [-0.3, -0.25) is 19.6 Å². The number of likely N-dealkylation sites (N-methyl/N-ethyl adjacent to an activating group) is 1. The maximum Gasteiger partial charge on any atom is 0.389 e. The number of halogens is 3. The molecule has 0 fully saturated rings. The SMILES string of the molecule is CNC(=O)[C@H](CCCN(C)N=N[N+](=O)[O-])NC(=O)[C@H](CCCc1ccccc1)[C@H](CCC(F)(F)F)N(O)C=O. The molecule has 0 unspecified atom stereocenters. The Morgan fingerprint density at radius 1 is 1.15 bits per heavy atom. The van der Waals surface area contributed by atoms with Crippen molar-refractivity contribution in [1.29, 1.82) is 0 Å². The van der Waals surface area contributed by atoms with Crippen LogP contribution >= 0.6 is 0 Å². The zero-order valence-electron chi connectivity index (χ0n) is 21.7. The minimum atomic E-state index is -4.59. The topological polar surface area (TPSA) is 170 Å². The molecule has 0 spiro atoms. The molecule has 0 radical (unpaired) electrons. The lowest BCUT2D eigenvalue weighted by Gasteiger charge is -2.31. The van der Waals surface area contributed by atoms with Crippen molar-refractivity contribution >= 4 is 18.2 Å². The summed E-state index contributed by atoms with van der Waals surface area (Å²) >= 11 is 0. The van der Waals surface area contributed by atoms with Crippen LogP contribution in [0.1, 0.15) is 44.1 Å². The highest BCUT2D eigenvalue weighted by atomic mass is 19.4. The Kier molecular flexibility index (Phi) is 14.4. The molecule has 3 atom stereocenters. The van der Waals surface area contributed by atoms with Crippen molar-refractivity contribution in [2.45, 2.75) is 63.2 Å². The molecule has 3 N–H and O–H groups in total. The molecule has 16 heteroatoms. The van der Waals surface area contributed by atoms with E-state index in [1.165, 1.54) is 19.1 Å². The predicted octanol–water partition coefficient (Wildman–Crippen LogP) is 2.69. The lowest BCUT2D eigenvalue weighted by molar-refractivity contribution is -0.496. The van der Waals surface area contributed by atoms with Crippen LogP contribution in [0.3, 0.4) is 0 Å². The molecule has 0 aliphatic heterocycles. The highest BCUT2D eigenvalue weighted by molar-refractivity contribution is 5.88. The van der Waals surface area contributed by atoms with Gasteiger partial charge in [0.2, 0.25) is 23.4 Å². The minimum absolute atomic E-state index is 0.0264. The first-order valence-electron chi connectivity index (χ1n) is 12.2. The second-order valence-electron chi connectivity index (χ2n) is 8.81. The fourth-order valence-corrected chi connectivity index (χ4v) is 3.97. The lowest BCUT2D eigenvalue weighted by atomic mass is 9.88. The van der Waals surface area contributed by atoms with Gasteiger partial charge in [-0.25, -0.2) is 5.06 Å². The molecule has 0 saturated heterocycles. The van der Waals surface area contributed by atoms with E-state index < -0.39 is 53.9 Å². The highest BCUT2D eigenvalue weighted by Crippen LogP contribution is 2.28. The Labute approximate surface area is 223 Å². The molecule has 0 saturated carbocycles. The summed E-state index contributed by atoms with van der Waals surface area (Å²) < 4.78 is 39.0. The molecule has 0 aromatic heterocycles. The van der Waals surface area contributed by atoms with Gasteiger partial charge in [-0.2, -0.15) is 18.2 Å². The van der Waals surface area contributed by atoms with Crippen molar-refractivity contribution in [3.63, 3.8) is 0 Å². The Morgan fingerprint density at radius 3 is 2.38 bits per heavy atom. The van der Waals surface area contributed by atoms with Crippen LogP contribution in [0, 0.1) is 16.0 Å². The maximum atomic E-state index is 13.3. The van der Waals surface area contributed by atoms with Crippen LogP contribution in [0.25, 0.3) is 0 Å². The number of aryl methyl sites for hydroxylation is 1. The number of carbonyl (C=O) groups excluding carboxylic acids is 3. The van der Waals surface area contributed by atoms with Crippen molar-refractivity contribution in [2.24, 2.45) is 16.4 Å². The minimum Gasteiger partial charge on any atom is -0.357 e. The van der Waals surface area contributed by atoms with Crippen LogP contribution in [0.4, 0.5) is 13.2 Å². The first-order valence-corrected chi connectivity index (χ1v) is 12.2. The van der Waals surface area contributed by atoms with E-state index in [9.17, 15) is 42.9 Å². The summed E-state index contributed by atoms with van der Waals surface area (Å²) in [5.74, 6) is -2.63. The van der Waals surface area contributed by atoms with Gasteiger partial charge in [0.25, 0.3) is 0 Å². The number of nitro groups is 1. The molecule has 1 aromatic carbocycles. The summed E-state index contributed by atoms with van der Waals surface area (Å²) in [5.41, 5.74) is 0.932. The fourth-order valence-electron chi connectivity index (χ4n) is 3.97. The molecule has 0 bridgehead atoms. The molecule has 0 aliphatic carbocycles. The van der Waals surface area contributed by atoms with E-state index in [4.69, 9.17) is 0 Å². The second-order valence-corrected chi connectivity index (χ2v) is 8.81. The molecular formula is C23H34F3N7O6. The van der Waals surface area contributed by atoms with Gasteiger partial charge >= 0.3 is 6.18 Å². The fraction of sp³-hybridized carbons (Fsp3) is 0.609. The van der Waals surface area contributed by atoms with Gasteiger partial charge in [0.1, 0.15) is 6.04 Å². The van der Waals surface area contributed by atoms with Crippen LogP contribution in [0.5, 0.6) is 0 Å². The summed E-state index contributed by atoms with van der Waals surface area (Å²) in [6.07, 6.45) is -5.53.